The molecule has 2 aromatic heterocycles. The second-order valence-electron chi connectivity index (χ2n) is 5.09. The monoisotopic (exact) mass is 402 g/mol. The molecule has 0 unspecified atom stereocenters. The molecular formula is C14H12AsF3N3O3. The van der Waals surface area contributed by atoms with Gasteiger partial charge in [-0.15, -0.1) is 0 Å². The van der Waals surface area contributed by atoms with E-state index in [1.807, 2.05) is 0 Å². The van der Waals surface area contributed by atoms with Gasteiger partial charge < -0.3 is 0 Å². The predicted molar refractivity (Wildman–Crippen MR) is 78.1 cm³/mol. The van der Waals surface area contributed by atoms with Crippen molar-refractivity contribution in [2.75, 3.05) is 6.61 Å². The summed E-state index contributed by atoms with van der Waals surface area (Å²) in [5.41, 5.74) is 2.09. The first-order chi connectivity index (χ1) is 11.3. The van der Waals surface area contributed by atoms with E-state index in [2.05, 4.69) is 10.2 Å². The Kier molecular flexibility index (Phi) is 4.29. The van der Waals surface area contributed by atoms with Gasteiger partial charge in [-0.25, -0.2) is 0 Å². The molecule has 0 aliphatic carbocycles. The normalized spacial score (nSPS) is 13.8. The molecule has 0 saturated heterocycles. The van der Waals surface area contributed by atoms with Crippen molar-refractivity contribution in [3.8, 4) is 11.4 Å². The summed E-state index contributed by atoms with van der Waals surface area (Å²) in [6, 6.07) is 1.60. The van der Waals surface area contributed by atoms with Gasteiger partial charge >= 0.3 is 140 Å². The number of carbonyl (C=O) groups excluding carboxylic acids is 2. The number of rotatable bonds is 4. The number of fused-ring (bicyclic) bond motifs is 3. The molecule has 0 aromatic carbocycles. The van der Waals surface area contributed by atoms with Gasteiger partial charge in [0.2, 0.25) is 0 Å². The average Bonchev–Trinajstić information content (AvgIpc) is 3.10. The molecule has 0 saturated carbocycles. The van der Waals surface area contributed by atoms with Crippen LogP contribution < -0.4 is 4.48 Å². The number of esters is 1. The van der Waals surface area contributed by atoms with Gasteiger partial charge in [0.1, 0.15) is 0 Å². The van der Waals surface area contributed by atoms with Crippen molar-refractivity contribution < 1.29 is 27.5 Å². The number of nitrogens with zero attached hydrogens (tertiary/aromatic N) is 2. The van der Waals surface area contributed by atoms with Crippen LogP contribution in [0.1, 0.15) is 22.8 Å². The maximum atomic E-state index is 12.5. The number of aromatic amines is 1. The van der Waals surface area contributed by atoms with Gasteiger partial charge in [0.25, 0.3) is 0 Å². The van der Waals surface area contributed by atoms with Crippen LogP contribution in [-0.4, -0.2) is 53.8 Å². The zero-order valence-electron chi connectivity index (χ0n) is 12.5. The Bertz CT molecular complexity index is 810. The number of aromatic nitrogens is 3. The van der Waals surface area contributed by atoms with Crippen LogP contribution in [0.4, 0.5) is 13.2 Å². The third-order valence-corrected chi connectivity index (χ3v) is 5.76. The van der Waals surface area contributed by atoms with Crippen molar-refractivity contribution in [1.29, 1.82) is 0 Å². The number of halogens is 3. The standard InChI is InChI=1S/C14H12AsF3N3O3/c1-2-24-12(22)7-5-9-10-8(3-4-21(9)6-7)11(20-19-10)15-13(23)14(16,17)18/h5-6H,2-4H2,1H3,(H,19,20). The summed E-state index contributed by atoms with van der Waals surface area (Å²) in [4.78, 5) is 23.0. The zero-order valence-corrected chi connectivity index (χ0v) is 14.4. The Labute approximate surface area is 141 Å². The molecule has 3 heterocycles. The topological polar surface area (TPSA) is 77.0 Å². The van der Waals surface area contributed by atoms with Gasteiger partial charge in [-0.2, -0.15) is 0 Å². The Balaban J connectivity index is 1.91. The summed E-state index contributed by atoms with van der Waals surface area (Å²) in [5.74, 6) is -0.463. The molecule has 0 bridgehead atoms. The van der Waals surface area contributed by atoms with E-state index in [4.69, 9.17) is 4.74 Å². The van der Waals surface area contributed by atoms with Crippen molar-refractivity contribution in [3.05, 3.63) is 23.4 Å². The van der Waals surface area contributed by atoms with E-state index in [-0.39, 0.29) is 11.1 Å². The van der Waals surface area contributed by atoms with Gasteiger partial charge in [0, 0.05) is 0 Å². The summed E-state index contributed by atoms with van der Waals surface area (Å²) < 4.78 is 42.7. The second kappa shape index (κ2) is 6.12. The summed E-state index contributed by atoms with van der Waals surface area (Å²) in [5, 5.41) is 6.62. The van der Waals surface area contributed by atoms with Crippen molar-refractivity contribution in [2.45, 2.75) is 26.1 Å². The third-order valence-electron chi connectivity index (χ3n) is 3.55. The fraction of sp³-hybridized carbons (Fsp3) is 0.357. The minimum absolute atomic E-state index is 0.250. The number of ether oxygens (including phenoxy) is 1. The number of nitrogens with one attached hydrogen (secondary N) is 1. The van der Waals surface area contributed by atoms with Gasteiger partial charge in [-0.05, 0) is 0 Å². The average molecular weight is 402 g/mol. The van der Waals surface area contributed by atoms with E-state index in [1.54, 1.807) is 23.8 Å². The molecule has 0 amide bonds. The molecule has 3 rings (SSSR count). The molecule has 0 fully saturated rings. The molecular weight excluding hydrogens is 390 g/mol. The Morgan fingerprint density at radius 3 is 2.88 bits per heavy atom. The summed E-state index contributed by atoms with van der Waals surface area (Å²) in [6.07, 6.45) is -2.74. The molecule has 6 nitrogen and oxygen atoms in total. The first kappa shape index (κ1) is 16.8. The van der Waals surface area contributed by atoms with Gasteiger partial charge in [0.15, 0.2) is 0 Å². The van der Waals surface area contributed by atoms with Crippen LogP contribution in [0.2, 0.25) is 0 Å². The van der Waals surface area contributed by atoms with Crippen molar-refractivity contribution in [2.24, 2.45) is 0 Å². The van der Waals surface area contributed by atoms with Crippen LogP contribution in [-0.2, 0) is 22.5 Å². The van der Waals surface area contributed by atoms with Crippen LogP contribution in [0, 0.1) is 0 Å². The summed E-state index contributed by atoms with van der Waals surface area (Å²) in [7, 11) is 0. The molecule has 2 aromatic rings. The molecule has 0 atom stereocenters. The SMILES string of the molecule is CCOC(=O)c1cc2n(c1)CCc1c-2n[nH]c1[As]C(=O)C(F)(F)F. The van der Waals surface area contributed by atoms with Gasteiger partial charge in [-0.1, -0.05) is 0 Å². The van der Waals surface area contributed by atoms with Crippen molar-refractivity contribution >= 4 is 30.8 Å². The molecule has 0 spiro atoms. The van der Waals surface area contributed by atoms with E-state index in [0.29, 0.717) is 35.5 Å². The number of hydrogen-bond donors (Lipinski definition) is 1. The number of alkyl halides is 3. The zero-order chi connectivity index (χ0) is 17.5. The molecule has 1 aliphatic rings. The van der Waals surface area contributed by atoms with E-state index in [9.17, 15) is 22.8 Å². The van der Waals surface area contributed by atoms with Crippen molar-refractivity contribution in [1.82, 2.24) is 14.8 Å². The number of carbonyl (C=O) groups is 2. The molecule has 1 aliphatic heterocycles. The van der Waals surface area contributed by atoms with Crippen LogP contribution in [0.3, 0.4) is 0 Å². The molecule has 10 heteroatoms. The van der Waals surface area contributed by atoms with E-state index in [0.717, 1.165) is 0 Å². The fourth-order valence-electron chi connectivity index (χ4n) is 2.51. The third kappa shape index (κ3) is 3.00. The van der Waals surface area contributed by atoms with E-state index in [1.165, 1.54) is 0 Å². The van der Waals surface area contributed by atoms with Crippen LogP contribution >= 0.6 is 0 Å². The van der Waals surface area contributed by atoms with Crippen LogP contribution in [0.15, 0.2) is 12.3 Å². The maximum absolute atomic E-state index is 12.5. The Morgan fingerprint density at radius 1 is 1.46 bits per heavy atom. The first-order valence-corrected chi connectivity index (χ1v) is 8.96. The quantitative estimate of drug-likeness (QED) is 0.613. The summed E-state index contributed by atoms with van der Waals surface area (Å²) in [6.45, 7) is 2.45. The van der Waals surface area contributed by atoms with E-state index >= 15 is 0 Å². The van der Waals surface area contributed by atoms with Gasteiger partial charge in [0.05, 0.1) is 0 Å². The number of hydrogen-bond acceptors (Lipinski definition) is 4. The number of aryl methyl sites for hydroxylation is 1. The molecule has 1 radical (unpaired) electrons. The molecule has 127 valence electrons. The Morgan fingerprint density at radius 2 is 2.21 bits per heavy atom. The molecule has 1 N–H and O–H groups in total. The van der Waals surface area contributed by atoms with Crippen LogP contribution in [0.25, 0.3) is 11.4 Å². The summed E-state index contributed by atoms with van der Waals surface area (Å²) >= 11 is -1.72. The van der Waals surface area contributed by atoms with Crippen molar-refractivity contribution in [3.63, 3.8) is 0 Å². The fourth-order valence-corrected chi connectivity index (χ4v) is 4.16. The minimum atomic E-state index is -4.83. The van der Waals surface area contributed by atoms with Gasteiger partial charge in [-0.3, -0.25) is 0 Å². The first-order valence-electron chi connectivity index (χ1n) is 7.09. The second-order valence-corrected chi connectivity index (χ2v) is 7.35. The molecule has 24 heavy (non-hydrogen) atoms. The number of H-pyrrole nitrogens is 1. The predicted octanol–water partition coefficient (Wildman–Crippen LogP) is 1.03. The van der Waals surface area contributed by atoms with E-state index < -0.39 is 32.5 Å². The van der Waals surface area contributed by atoms with Crippen LogP contribution in [0.5, 0.6) is 0 Å². The Hall–Kier alpha value is -2.02.